The van der Waals surface area contributed by atoms with Crippen molar-refractivity contribution in [2.45, 2.75) is 13.3 Å². The summed E-state index contributed by atoms with van der Waals surface area (Å²) in [5, 5.41) is 0.802. The molecule has 0 unspecified atom stereocenters. The van der Waals surface area contributed by atoms with Crippen molar-refractivity contribution in [1.29, 1.82) is 0 Å². The molecule has 3 rings (SSSR count). The third kappa shape index (κ3) is 4.12. The number of ether oxygens (including phenoxy) is 2. The lowest BCUT2D eigenvalue weighted by Crippen LogP contribution is -2.06. The molecule has 0 saturated heterocycles. The van der Waals surface area contributed by atoms with Crippen molar-refractivity contribution in [3.63, 3.8) is 0 Å². The number of halogens is 2. The van der Waals surface area contributed by atoms with E-state index in [4.69, 9.17) is 32.7 Å². The maximum Gasteiger partial charge on any atom is 0.363 e. The molecule has 0 spiro atoms. The van der Waals surface area contributed by atoms with Crippen molar-refractivity contribution in [2.24, 2.45) is 4.99 Å². The van der Waals surface area contributed by atoms with Crippen LogP contribution in [0.3, 0.4) is 0 Å². The highest BCUT2D eigenvalue weighted by Crippen LogP contribution is 2.26. The van der Waals surface area contributed by atoms with Crippen molar-refractivity contribution in [2.75, 3.05) is 0 Å². The summed E-state index contributed by atoms with van der Waals surface area (Å²) in [6.07, 6.45) is 1.82. The average molecular weight is 390 g/mol. The van der Waals surface area contributed by atoms with E-state index in [1.807, 2.05) is 0 Å². The van der Waals surface area contributed by atoms with Crippen LogP contribution >= 0.6 is 23.2 Å². The van der Waals surface area contributed by atoms with Gasteiger partial charge in [0.25, 0.3) is 0 Å². The van der Waals surface area contributed by atoms with Crippen LogP contribution in [0, 0.1) is 0 Å². The first kappa shape index (κ1) is 18.2. The molecule has 0 aliphatic carbocycles. The highest BCUT2D eigenvalue weighted by atomic mass is 35.5. The number of esters is 2. The zero-order valence-electron chi connectivity index (χ0n) is 13.7. The van der Waals surface area contributed by atoms with Gasteiger partial charge in [0, 0.05) is 11.4 Å². The van der Waals surface area contributed by atoms with Crippen LogP contribution in [0.15, 0.2) is 53.2 Å². The van der Waals surface area contributed by atoms with Gasteiger partial charge in [-0.25, -0.2) is 9.79 Å². The van der Waals surface area contributed by atoms with E-state index in [-0.39, 0.29) is 24.0 Å². The van der Waals surface area contributed by atoms with Gasteiger partial charge in [0.05, 0.1) is 10.6 Å². The standard InChI is InChI=1S/C19H13Cl2NO4/c1-2-17(23)25-13-5-3-4-11(8-13)9-16-19(24)26-18(22-16)14-7-6-12(20)10-15(14)21/h3-10H,2H2,1H3/b16-9-. The number of aliphatic imine (C=N–C) groups is 1. The molecule has 7 heteroatoms. The monoisotopic (exact) mass is 389 g/mol. The summed E-state index contributed by atoms with van der Waals surface area (Å²) in [4.78, 5) is 27.7. The number of rotatable bonds is 4. The Bertz CT molecular complexity index is 950. The minimum Gasteiger partial charge on any atom is -0.427 e. The summed E-state index contributed by atoms with van der Waals surface area (Å²) in [6, 6.07) is 11.6. The molecule has 0 radical (unpaired) electrons. The molecule has 0 amide bonds. The molecular formula is C19H13Cl2NO4. The number of carbonyl (C=O) groups excluding carboxylic acids is 2. The van der Waals surface area contributed by atoms with Gasteiger partial charge in [0.1, 0.15) is 5.75 Å². The van der Waals surface area contributed by atoms with Gasteiger partial charge in [-0.2, -0.15) is 0 Å². The van der Waals surface area contributed by atoms with Crippen LogP contribution < -0.4 is 4.74 Å². The average Bonchev–Trinajstić information content (AvgIpc) is 2.95. The molecule has 2 aromatic rings. The summed E-state index contributed by atoms with van der Waals surface area (Å²) < 4.78 is 10.4. The van der Waals surface area contributed by atoms with Crippen molar-refractivity contribution >= 4 is 47.1 Å². The fraction of sp³-hybridized carbons (Fsp3) is 0.105. The summed E-state index contributed by atoms with van der Waals surface area (Å²) in [5.74, 6) is -0.436. The van der Waals surface area contributed by atoms with Crippen LogP contribution in [0.5, 0.6) is 5.75 Å². The number of carbonyl (C=O) groups is 2. The van der Waals surface area contributed by atoms with Gasteiger partial charge in [0.15, 0.2) is 5.70 Å². The van der Waals surface area contributed by atoms with Crippen molar-refractivity contribution in [3.05, 3.63) is 69.3 Å². The molecule has 2 aromatic carbocycles. The summed E-state index contributed by atoms with van der Waals surface area (Å²) >= 11 is 12.0. The molecule has 26 heavy (non-hydrogen) atoms. The van der Waals surface area contributed by atoms with E-state index in [1.54, 1.807) is 55.5 Å². The lowest BCUT2D eigenvalue weighted by Gasteiger charge is -2.03. The first-order valence-electron chi connectivity index (χ1n) is 7.75. The number of hydrogen-bond acceptors (Lipinski definition) is 5. The first-order valence-corrected chi connectivity index (χ1v) is 8.50. The van der Waals surface area contributed by atoms with Crippen LogP contribution in [0.4, 0.5) is 0 Å². The van der Waals surface area contributed by atoms with Gasteiger partial charge >= 0.3 is 11.9 Å². The van der Waals surface area contributed by atoms with Crippen LogP contribution in [-0.4, -0.2) is 17.8 Å². The molecule has 0 aromatic heterocycles. The van der Waals surface area contributed by atoms with E-state index in [1.165, 1.54) is 0 Å². The van der Waals surface area contributed by atoms with Crippen LogP contribution in [0.25, 0.3) is 6.08 Å². The minimum absolute atomic E-state index is 0.108. The number of benzene rings is 2. The predicted octanol–water partition coefficient (Wildman–Crippen LogP) is 4.65. The molecule has 5 nitrogen and oxygen atoms in total. The zero-order chi connectivity index (χ0) is 18.7. The molecule has 0 saturated carbocycles. The Balaban J connectivity index is 1.89. The van der Waals surface area contributed by atoms with Gasteiger partial charge in [-0.15, -0.1) is 0 Å². The van der Waals surface area contributed by atoms with Gasteiger partial charge in [-0.05, 0) is 42.0 Å². The smallest absolute Gasteiger partial charge is 0.363 e. The fourth-order valence-electron chi connectivity index (χ4n) is 2.22. The maximum absolute atomic E-state index is 12.1. The SMILES string of the molecule is CCC(=O)Oc1cccc(/C=C2\N=C(c3ccc(Cl)cc3Cl)OC2=O)c1. The lowest BCUT2D eigenvalue weighted by molar-refractivity contribution is -0.134. The molecule has 1 heterocycles. The van der Waals surface area contributed by atoms with Crippen LogP contribution in [-0.2, 0) is 14.3 Å². The molecule has 1 aliphatic heterocycles. The molecule has 0 atom stereocenters. The second-order valence-electron chi connectivity index (χ2n) is 5.36. The van der Waals surface area contributed by atoms with E-state index in [2.05, 4.69) is 4.99 Å². The minimum atomic E-state index is -0.595. The van der Waals surface area contributed by atoms with Gasteiger partial charge < -0.3 is 9.47 Å². The lowest BCUT2D eigenvalue weighted by atomic mass is 10.2. The van der Waals surface area contributed by atoms with Gasteiger partial charge in [0.2, 0.25) is 5.90 Å². The topological polar surface area (TPSA) is 65.0 Å². The Morgan fingerprint density at radius 1 is 1.23 bits per heavy atom. The third-order valence-electron chi connectivity index (χ3n) is 3.46. The number of nitrogens with zero attached hydrogens (tertiary/aromatic N) is 1. The normalized spacial score (nSPS) is 15.0. The Morgan fingerprint density at radius 2 is 2.04 bits per heavy atom. The molecule has 0 bridgehead atoms. The fourth-order valence-corrected chi connectivity index (χ4v) is 2.71. The number of hydrogen-bond donors (Lipinski definition) is 0. The van der Waals surface area contributed by atoms with Crippen molar-refractivity contribution in [1.82, 2.24) is 0 Å². The van der Waals surface area contributed by atoms with E-state index >= 15 is 0 Å². The molecule has 0 fully saturated rings. The largest absolute Gasteiger partial charge is 0.427 e. The van der Waals surface area contributed by atoms with Crippen molar-refractivity contribution < 1.29 is 19.1 Å². The highest BCUT2D eigenvalue weighted by Gasteiger charge is 2.25. The molecular weight excluding hydrogens is 377 g/mol. The first-order chi connectivity index (χ1) is 12.5. The Morgan fingerprint density at radius 3 is 2.77 bits per heavy atom. The predicted molar refractivity (Wildman–Crippen MR) is 99.4 cm³/mol. The van der Waals surface area contributed by atoms with E-state index in [0.29, 0.717) is 26.9 Å². The van der Waals surface area contributed by atoms with E-state index < -0.39 is 5.97 Å². The Labute approximate surface area is 159 Å². The maximum atomic E-state index is 12.1. The highest BCUT2D eigenvalue weighted by molar-refractivity contribution is 6.37. The van der Waals surface area contributed by atoms with Crippen LogP contribution in [0.2, 0.25) is 10.0 Å². The second kappa shape index (κ2) is 7.72. The second-order valence-corrected chi connectivity index (χ2v) is 6.20. The summed E-state index contributed by atoms with van der Waals surface area (Å²) in [5.41, 5.74) is 1.23. The molecule has 132 valence electrons. The zero-order valence-corrected chi connectivity index (χ0v) is 15.2. The molecule has 0 N–H and O–H groups in total. The summed E-state index contributed by atoms with van der Waals surface area (Å²) in [7, 11) is 0. The van der Waals surface area contributed by atoms with E-state index in [9.17, 15) is 9.59 Å². The van der Waals surface area contributed by atoms with Gasteiger partial charge in [-0.1, -0.05) is 42.3 Å². The Hall–Kier alpha value is -2.63. The Kier molecular flexibility index (Phi) is 5.40. The van der Waals surface area contributed by atoms with Gasteiger partial charge in [-0.3, -0.25) is 4.79 Å². The number of cyclic esters (lactones) is 1. The quantitative estimate of drug-likeness (QED) is 0.433. The van der Waals surface area contributed by atoms with Crippen LogP contribution in [0.1, 0.15) is 24.5 Å². The van der Waals surface area contributed by atoms with Crippen molar-refractivity contribution in [3.8, 4) is 5.75 Å². The summed E-state index contributed by atoms with van der Waals surface area (Å²) in [6.45, 7) is 1.71. The third-order valence-corrected chi connectivity index (χ3v) is 4.01. The van der Waals surface area contributed by atoms with E-state index in [0.717, 1.165) is 0 Å². The molecule has 1 aliphatic rings.